The molecular formula is C9H17ClNO3P. The molecule has 2 heterocycles. The van der Waals surface area contributed by atoms with Crippen LogP contribution in [0, 0.1) is 0 Å². The first-order valence-electron chi connectivity index (χ1n) is 5.49. The molecule has 2 atom stereocenters. The maximum Gasteiger partial charge on any atom is 0.408 e. The Morgan fingerprint density at radius 3 is 2.73 bits per heavy atom. The van der Waals surface area contributed by atoms with Crippen molar-refractivity contribution in [3.8, 4) is 0 Å². The Labute approximate surface area is 95.5 Å². The number of alkyl halides is 1. The van der Waals surface area contributed by atoms with Gasteiger partial charge in [-0.15, -0.1) is 11.6 Å². The molecule has 4 nitrogen and oxygen atoms in total. The van der Waals surface area contributed by atoms with Crippen LogP contribution in [0.4, 0.5) is 0 Å². The van der Waals surface area contributed by atoms with Crippen molar-refractivity contribution in [2.45, 2.75) is 31.8 Å². The summed E-state index contributed by atoms with van der Waals surface area (Å²) in [5.74, 6) is 0.390. The SMILES string of the molecule is O=P1(N2CCCCC2)OCCC(CCl)O1. The van der Waals surface area contributed by atoms with Gasteiger partial charge < -0.3 is 0 Å². The molecule has 0 aliphatic carbocycles. The van der Waals surface area contributed by atoms with E-state index in [1.807, 2.05) is 4.67 Å². The summed E-state index contributed by atoms with van der Waals surface area (Å²) >= 11 is 5.73. The average Bonchev–Trinajstić information content (AvgIpc) is 2.30. The van der Waals surface area contributed by atoms with Gasteiger partial charge in [0, 0.05) is 19.0 Å². The van der Waals surface area contributed by atoms with Gasteiger partial charge in [0.05, 0.1) is 12.7 Å². The maximum atomic E-state index is 12.4. The molecular weight excluding hydrogens is 237 g/mol. The summed E-state index contributed by atoms with van der Waals surface area (Å²) in [6.45, 7) is 2.11. The zero-order valence-electron chi connectivity index (χ0n) is 8.73. The third-order valence-electron chi connectivity index (χ3n) is 2.83. The normalized spacial score (nSPS) is 39.1. The number of hydrogen-bond donors (Lipinski definition) is 0. The molecule has 2 rings (SSSR count). The van der Waals surface area contributed by atoms with Crippen LogP contribution < -0.4 is 0 Å². The van der Waals surface area contributed by atoms with Crippen LogP contribution in [0.15, 0.2) is 0 Å². The number of halogens is 1. The molecule has 2 aliphatic rings. The van der Waals surface area contributed by atoms with E-state index >= 15 is 0 Å². The fourth-order valence-electron chi connectivity index (χ4n) is 1.95. The van der Waals surface area contributed by atoms with Crippen molar-refractivity contribution < 1.29 is 13.6 Å². The smallest absolute Gasteiger partial charge is 0.297 e. The van der Waals surface area contributed by atoms with Crippen molar-refractivity contribution in [2.75, 3.05) is 25.6 Å². The van der Waals surface area contributed by atoms with E-state index in [0.29, 0.717) is 12.5 Å². The Kier molecular flexibility index (Phi) is 4.08. The van der Waals surface area contributed by atoms with Gasteiger partial charge in [0.15, 0.2) is 0 Å². The molecule has 0 radical (unpaired) electrons. The highest BCUT2D eigenvalue weighted by Gasteiger charge is 2.39. The highest BCUT2D eigenvalue weighted by molar-refractivity contribution is 7.51. The van der Waals surface area contributed by atoms with Gasteiger partial charge in [-0.3, -0.25) is 9.05 Å². The minimum atomic E-state index is -3.01. The van der Waals surface area contributed by atoms with E-state index in [1.165, 1.54) is 6.42 Å². The van der Waals surface area contributed by atoms with Gasteiger partial charge in [-0.05, 0) is 19.3 Å². The first kappa shape index (κ1) is 11.9. The van der Waals surface area contributed by atoms with Gasteiger partial charge in [0.1, 0.15) is 0 Å². The van der Waals surface area contributed by atoms with Gasteiger partial charge in [-0.1, -0.05) is 6.42 Å². The summed E-state index contributed by atoms with van der Waals surface area (Å²) in [5.41, 5.74) is 0. The first-order chi connectivity index (χ1) is 7.24. The topological polar surface area (TPSA) is 38.8 Å². The molecule has 6 heteroatoms. The molecule has 15 heavy (non-hydrogen) atoms. The molecule has 2 aliphatic heterocycles. The van der Waals surface area contributed by atoms with Crippen LogP contribution in [0.2, 0.25) is 0 Å². The molecule has 0 aromatic heterocycles. The molecule has 0 aromatic rings. The molecule has 0 saturated carbocycles. The van der Waals surface area contributed by atoms with Gasteiger partial charge in [-0.25, -0.2) is 9.24 Å². The fourth-order valence-corrected chi connectivity index (χ4v) is 4.28. The van der Waals surface area contributed by atoms with Crippen molar-refractivity contribution in [1.29, 1.82) is 0 Å². The molecule has 2 fully saturated rings. The lowest BCUT2D eigenvalue weighted by molar-refractivity contribution is 0.0617. The molecule has 0 bridgehead atoms. The van der Waals surface area contributed by atoms with Crippen LogP contribution in [0.3, 0.4) is 0 Å². The average molecular weight is 254 g/mol. The minimum absolute atomic E-state index is 0.117. The lowest BCUT2D eigenvalue weighted by Gasteiger charge is -2.37. The summed E-state index contributed by atoms with van der Waals surface area (Å²) in [6, 6.07) is 0. The molecule has 0 N–H and O–H groups in total. The van der Waals surface area contributed by atoms with E-state index in [4.69, 9.17) is 20.6 Å². The monoisotopic (exact) mass is 253 g/mol. The zero-order valence-corrected chi connectivity index (χ0v) is 10.4. The van der Waals surface area contributed by atoms with E-state index in [1.54, 1.807) is 0 Å². The predicted octanol–water partition coefficient (Wildman–Crippen LogP) is 2.62. The second-order valence-corrected chi connectivity index (χ2v) is 6.27. The third kappa shape index (κ3) is 2.75. The van der Waals surface area contributed by atoms with E-state index in [9.17, 15) is 4.57 Å². The van der Waals surface area contributed by atoms with E-state index in [2.05, 4.69) is 0 Å². The van der Waals surface area contributed by atoms with Gasteiger partial charge in [0.25, 0.3) is 0 Å². The summed E-state index contributed by atoms with van der Waals surface area (Å²) in [6.07, 6.45) is 3.97. The van der Waals surface area contributed by atoms with Crippen molar-refractivity contribution in [3.05, 3.63) is 0 Å². The Bertz CT molecular complexity index is 258. The second kappa shape index (κ2) is 5.15. The van der Waals surface area contributed by atoms with Crippen molar-refractivity contribution in [2.24, 2.45) is 0 Å². The van der Waals surface area contributed by atoms with Crippen LogP contribution in [-0.2, 0) is 13.6 Å². The van der Waals surface area contributed by atoms with Gasteiger partial charge in [0.2, 0.25) is 0 Å². The standard InChI is InChI=1S/C9H17ClNO3P/c10-8-9-4-7-13-15(12,14-9)11-5-2-1-3-6-11/h9H,1-8H2. The fraction of sp³-hybridized carbons (Fsp3) is 1.00. The highest BCUT2D eigenvalue weighted by Crippen LogP contribution is 2.56. The van der Waals surface area contributed by atoms with Crippen molar-refractivity contribution in [3.63, 3.8) is 0 Å². The summed E-state index contributed by atoms with van der Waals surface area (Å²) in [4.78, 5) is 0. The third-order valence-corrected chi connectivity index (χ3v) is 5.34. The Morgan fingerprint density at radius 2 is 2.07 bits per heavy atom. The van der Waals surface area contributed by atoms with Crippen LogP contribution >= 0.6 is 19.3 Å². The summed E-state index contributed by atoms with van der Waals surface area (Å²) < 4.78 is 25.1. The number of nitrogens with zero attached hydrogens (tertiary/aromatic N) is 1. The zero-order chi connectivity index (χ0) is 10.7. The first-order valence-corrected chi connectivity index (χ1v) is 7.52. The largest absolute Gasteiger partial charge is 0.408 e. The summed E-state index contributed by atoms with van der Waals surface area (Å²) in [5, 5.41) is 0. The molecule has 0 aromatic carbocycles. The van der Waals surface area contributed by atoms with Crippen LogP contribution in [0.5, 0.6) is 0 Å². The maximum absolute atomic E-state index is 12.4. The minimum Gasteiger partial charge on any atom is -0.297 e. The Hall–Kier alpha value is 0.400. The molecule has 2 unspecified atom stereocenters. The second-order valence-electron chi connectivity index (χ2n) is 3.99. The van der Waals surface area contributed by atoms with E-state index < -0.39 is 7.75 Å². The lowest BCUT2D eigenvalue weighted by Crippen LogP contribution is -2.34. The summed E-state index contributed by atoms with van der Waals surface area (Å²) in [7, 11) is -3.01. The predicted molar refractivity (Wildman–Crippen MR) is 59.2 cm³/mol. The van der Waals surface area contributed by atoms with Gasteiger partial charge >= 0.3 is 7.75 Å². The van der Waals surface area contributed by atoms with E-state index in [0.717, 1.165) is 32.4 Å². The number of hydrogen-bond acceptors (Lipinski definition) is 3. The molecule has 0 amide bonds. The number of rotatable bonds is 2. The Balaban J connectivity index is 2.00. The molecule has 0 spiro atoms. The number of piperidine rings is 1. The quantitative estimate of drug-likeness (QED) is 0.560. The van der Waals surface area contributed by atoms with Crippen LogP contribution in [-0.4, -0.2) is 36.4 Å². The van der Waals surface area contributed by atoms with Crippen LogP contribution in [0.1, 0.15) is 25.7 Å². The molecule has 88 valence electrons. The van der Waals surface area contributed by atoms with Crippen molar-refractivity contribution >= 4 is 19.3 Å². The lowest BCUT2D eigenvalue weighted by atomic mass is 10.2. The van der Waals surface area contributed by atoms with Crippen LogP contribution in [0.25, 0.3) is 0 Å². The highest BCUT2D eigenvalue weighted by atomic mass is 35.5. The molecule has 2 saturated heterocycles. The Morgan fingerprint density at radius 1 is 1.33 bits per heavy atom. The van der Waals surface area contributed by atoms with Crippen molar-refractivity contribution in [1.82, 2.24) is 4.67 Å². The van der Waals surface area contributed by atoms with Gasteiger partial charge in [-0.2, -0.15) is 0 Å². The van der Waals surface area contributed by atoms with E-state index in [-0.39, 0.29) is 6.10 Å².